The van der Waals surface area contributed by atoms with Crippen molar-refractivity contribution in [3.05, 3.63) is 53.9 Å². The monoisotopic (exact) mass is 573 g/mol. The second kappa shape index (κ2) is 12.8. The number of aryl methyl sites for hydroxylation is 1. The van der Waals surface area contributed by atoms with Crippen LogP contribution in [0.4, 0.5) is 11.5 Å². The first-order valence-corrected chi connectivity index (χ1v) is 14.2. The Morgan fingerprint density at radius 3 is 2.55 bits per heavy atom. The quantitative estimate of drug-likeness (QED) is 0.303. The van der Waals surface area contributed by atoms with Crippen LogP contribution in [-0.2, 0) is 14.4 Å². The molecule has 12 nitrogen and oxygen atoms in total. The Morgan fingerprint density at radius 1 is 1.02 bits per heavy atom. The zero-order chi connectivity index (χ0) is 29.6. The van der Waals surface area contributed by atoms with E-state index in [4.69, 9.17) is 9.41 Å². The number of nitrogens with zero attached hydrogens (tertiary/aromatic N) is 4. The van der Waals surface area contributed by atoms with Crippen LogP contribution in [0.25, 0.3) is 11.0 Å². The number of pyridine rings is 1. The second-order valence-electron chi connectivity index (χ2n) is 10.6. The maximum Gasteiger partial charge on any atom is 0.259 e. The molecule has 2 saturated heterocycles. The highest BCUT2D eigenvalue weighted by Gasteiger charge is 2.30. The number of nitrogens with one attached hydrogen (secondary N) is 3. The predicted octanol–water partition coefficient (Wildman–Crippen LogP) is 3.30. The summed E-state index contributed by atoms with van der Waals surface area (Å²) in [4.78, 5) is 63.2. The molecule has 3 aromatic rings. The molecule has 0 aliphatic carbocycles. The van der Waals surface area contributed by atoms with Gasteiger partial charge in [-0.1, -0.05) is 0 Å². The molecule has 0 radical (unpaired) electrons. The Kier molecular flexibility index (Phi) is 8.80. The molecule has 220 valence electrons. The molecular weight excluding hydrogens is 538 g/mol. The number of guanidine groups is 1. The summed E-state index contributed by atoms with van der Waals surface area (Å²) in [7, 11) is 0. The molecule has 2 aliphatic rings. The summed E-state index contributed by atoms with van der Waals surface area (Å²) in [6, 6.07) is 9.68. The molecule has 4 amide bonds. The van der Waals surface area contributed by atoms with Crippen molar-refractivity contribution >= 4 is 52.1 Å². The van der Waals surface area contributed by atoms with Gasteiger partial charge in [-0.3, -0.25) is 24.5 Å². The molecule has 5 rings (SSSR count). The molecule has 0 saturated carbocycles. The van der Waals surface area contributed by atoms with Gasteiger partial charge in [0, 0.05) is 43.8 Å². The molecule has 0 spiro atoms. The fourth-order valence-corrected chi connectivity index (χ4v) is 5.20. The number of fused-ring (bicyclic) bond motifs is 1. The molecule has 2 aliphatic heterocycles. The molecule has 2 aromatic heterocycles. The SMILES string of the molecule is CC(=O)Nc1ccc(C(=O)NC(=NC2CCCCN(CC(=O)N3CCCC3)C2=O)Nc2ccc3oc(C)cc3c2)cn1. The van der Waals surface area contributed by atoms with Gasteiger partial charge in [0.05, 0.1) is 12.1 Å². The highest BCUT2D eigenvalue weighted by molar-refractivity contribution is 6.11. The number of benzene rings is 1. The van der Waals surface area contributed by atoms with E-state index in [0.29, 0.717) is 24.5 Å². The number of rotatable bonds is 6. The first-order chi connectivity index (χ1) is 20.2. The highest BCUT2D eigenvalue weighted by Crippen LogP contribution is 2.23. The lowest BCUT2D eigenvalue weighted by atomic mass is 10.1. The summed E-state index contributed by atoms with van der Waals surface area (Å²) in [5, 5.41) is 9.39. The number of hydrogen-bond acceptors (Lipinski definition) is 7. The van der Waals surface area contributed by atoms with Crippen molar-refractivity contribution in [3.8, 4) is 0 Å². The highest BCUT2D eigenvalue weighted by atomic mass is 16.3. The Morgan fingerprint density at radius 2 is 1.81 bits per heavy atom. The number of anilines is 2. The van der Waals surface area contributed by atoms with E-state index in [9.17, 15) is 19.2 Å². The number of likely N-dealkylation sites (tertiary alicyclic amines) is 2. The van der Waals surface area contributed by atoms with Gasteiger partial charge in [-0.15, -0.1) is 0 Å². The van der Waals surface area contributed by atoms with Crippen LogP contribution in [0.3, 0.4) is 0 Å². The standard InChI is InChI=1S/C30H35N7O5/c1-19-15-22-16-23(9-10-25(22)42-19)33-30(35-28(40)21-8-11-26(31-17-21)32-20(2)38)34-24-7-3-4-14-37(29(24)41)18-27(39)36-12-5-6-13-36/h8-11,15-17,24H,3-7,12-14,18H2,1-2H3,(H,31,32,38)(H2,33,34,35,40). The van der Waals surface area contributed by atoms with E-state index < -0.39 is 11.9 Å². The molecule has 42 heavy (non-hydrogen) atoms. The average molecular weight is 574 g/mol. The normalized spacial score (nSPS) is 17.7. The summed E-state index contributed by atoms with van der Waals surface area (Å²) in [6.07, 6.45) is 5.32. The lowest BCUT2D eigenvalue weighted by molar-refractivity contribution is -0.140. The Hall–Kier alpha value is -4.74. The number of carbonyl (C=O) groups excluding carboxylic acids is 4. The van der Waals surface area contributed by atoms with Gasteiger partial charge < -0.3 is 24.9 Å². The van der Waals surface area contributed by atoms with Crippen LogP contribution >= 0.6 is 0 Å². The maximum absolute atomic E-state index is 13.6. The maximum atomic E-state index is 13.6. The minimum absolute atomic E-state index is 0.0306. The number of carbonyl (C=O) groups is 4. The van der Waals surface area contributed by atoms with Crippen molar-refractivity contribution in [2.24, 2.45) is 4.99 Å². The van der Waals surface area contributed by atoms with Crippen molar-refractivity contribution < 1.29 is 23.6 Å². The Labute approximate surface area is 243 Å². The summed E-state index contributed by atoms with van der Waals surface area (Å²) in [5.74, 6) is 0.135. The lowest BCUT2D eigenvalue weighted by Crippen LogP contribution is -2.45. The summed E-state index contributed by atoms with van der Waals surface area (Å²) in [5.41, 5.74) is 1.61. The fraction of sp³-hybridized carbons (Fsp3) is 0.400. The van der Waals surface area contributed by atoms with Crippen LogP contribution < -0.4 is 16.0 Å². The van der Waals surface area contributed by atoms with Crippen LogP contribution in [0.5, 0.6) is 0 Å². The molecule has 4 heterocycles. The van der Waals surface area contributed by atoms with E-state index >= 15 is 0 Å². The second-order valence-corrected chi connectivity index (χ2v) is 10.6. The van der Waals surface area contributed by atoms with E-state index in [1.165, 1.54) is 25.3 Å². The number of amides is 4. The van der Waals surface area contributed by atoms with E-state index in [0.717, 1.165) is 55.5 Å². The van der Waals surface area contributed by atoms with Gasteiger partial charge in [0.25, 0.3) is 5.91 Å². The molecule has 1 aromatic carbocycles. The van der Waals surface area contributed by atoms with E-state index in [1.807, 2.05) is 30.0 Å². The van der Waals surface area contributed by atoms with Gasteiger partial charge in [0.15, 0.2) is 0 Å². The largest absolute Gasteiger partial charge is 0.461 e. The van der Waals surface area contributed by atoms with Crippen LogP contribution in [0, 0.1) is 6.92 Å². The molecule has 3 N–H and O–H groups in total. The van der Waals surface area contributed by atoms with Crippen molar-refractivity contribution in [3.63, 3.8) is 0 Å². The van der Waals surface area contributed by atoms with Crippen LogP contribution in [-0.4, -0.2) is 76.6 Å². The average Bonchev–Trinajstić information content (AvgIpc) is 3.59. The molecule has 1 unspecified atom stereocenters. The van der Waals surface area contributed by atoms with Crippen LogP contribution in [0.1, 0.15) is 55.1 Å². The van der Waals surface area contributed by atoms with E-state index in [-0.39, 0.29) is 35.8 Å². The van der Waals surface area contributed by atoms with Gasteiger partial charge in [0.2, 0.25) is 23.7 Å². The van der Waals surface area contributed by atoms with Gasteiger partial charge >= 0.3 is 0 Å². The molecular formula is C30H35N7O5. The number of aliphatic imine (C=N–C) groups is 1. The van der Waals surface area contributed by atoms with Crippen LogP contribution in [0.15, 0.2) is 52.0 Å². The molecule has 0 bridgehead atoms. The number of aromatic nitrogens is 1. The Balaban J connectivity index is 1.38. The fourth-order valence-electron chi connectivity index (χ4n) is 5.20. The van der Waals surface area contributed by atoms with Crippen LogP contribution in [0.2, 0.25) is 0 Å². The van der Waals surface area contributed by atoms with E-state index in [2.05, 4.69) is 20.9 Å². The van der Waals surface area contributed by atoms with E-state index in [1.54, 1.807) is 11.0 Å². The first-order valence-electron chi connectivity index (χ1n) is 14.2. The van der Waals surface area contributed by atoms with Gasteiger partial charge in [-0.05, 0) is 75.4 Å². The minimum Gasteiger partial charge on any atom is -0.461 e. The predicted molar refractivity (Wildman–Crippen MR) is 158 cm³/mol. The van der Waals surface area contributed by atoms with Gasteiger partial charge in [0.1, 0.15) is 23.2 Å². The lowest BCUT2D eigenvalue weighted by Gasteiger charge is -2.25. The topological polar surface area (TPSA) is 149 Å². The third kappa shape index (κ3) is 7.12. The van der Waals surface area contributed by atoms with Crippen molar-refractivity contribution in [1.29, 1.82) is 0 Å². The summed E-state index contributed by atoms with van der Waals surface area (Å²) < 4.78 is 5.67. The minimum atomic E-state index is -0.776. The molecule has 12 heteroatoms. The zero-order valence-electron chi connectivity index (χ0n) is 23.8. The molecule has 1 atom stereocenters. The Bertz CT molecular complexity index is 1510. The molecule has 2 fully saturated rings. The third-order valence-corrected chi connectivity index (χ3v) is 7.29. The smallest absolute Gasteiger partial charge is 0.259 e. The van der Waals surface area contributed by atoms with Crippen molar-refractivity contribution in [2.45, 2.75) is 52.0 Å². The van der Waals surface area contributed by atoms with Gasteiger partial charge in [-0.25, -0.2) is 9.98 Å². The zero-order valence-corrected chi connectivity index (χ0v) is 23.8. The van der Waals surface area contributed by atoms with Crippen molar-refractivity contribution in [1.82, 2.24) is 20.1 Å². The van der Waals surface area contributed by atoms with Crippen molar-refractivity contribution in [2.75, 3.05) is 36.8 Å². The summed E-state index contributed by atoms with van der Waals surface area (Å²) >= 11 is 0. The number of furan rings is 1. The summed E-state index contributed by atoms with van der Waals surface area (Å²) in [6.45, 7) is 5.21. The third-order valence-electron chi connectivity index (χ3n) is 7.29. The number of hydrogen-bond donors (Lipinski definition) is 3. The first kappa shape index (κ1) is 28.8. The van der Waals surface area contributed by atoms with Gasteiger partial charge in [-0.2, -0.15) is 0 Å².